The molecule has 0 aromatic rings. The van der Waals surface area contributed by atoms with E-state index in [9.17, 15) is 0 Å². The van der Waals surface area contributed by atoms with Gasteiger partial charge in [-0.3, -0.25) is 0 Å². The van der Waals surface area contributed by atoms with Crippen LogP contribution in [0.3, 0.4) is 0 Å². The van der Waals surface area contributed by atoms with Crippen molar-refractivity contribution in [3.8, 4) is 0 Å². The van der Waals surface area contributed by atoms with Crippen molar-refractivity contribution < 1.29 is 4.74 Å². The summed E-state index contributed by atoms with van der Waals surface area (Å²) in [5.41, 5.74) is 1.30. The summed E-state index contributed by atoms with van der Waals surface area (Å²) in [4.78, 5) is 0. The van der Waals surface area contributed by atoms with Gasteiger partial charge in [-0.2, -0.15) is 0 Å². The van der Waals surface area contributed by atoms with Crippen LogP contribution in [-0.2, 0) is 4.74 Å². The number of allylic oxidation sites excluding steroid dienone is 6. The Morgan fingerprint density at radius 1 is 1.25 bits per heavy atom. The number of methoxy groups -OCH3 is 1. The number of hydrogen-bond donors (Lipinski definition) is 0. The van der Waals surface area contributed by atoms with Crippen molar-refractivity contribution in [2.24, 2.45) is 5.41 Å². The van der Waals surface area contributed by atoms with E-state index in [0.717, 1.165) is 5.76 Å². The van der Waals surface area contributed by atoms with Crippen molar-refractivity contribution >= 4 is 0 Å². The van der Waals surface area contributed by atoms with Crippen molar-refractivity contribution in [2.75, 3.05) is 7.11 Å². The highest BCUT2D eigenvalue weighted by Gasteiger charge is 2.34. The lowest BCUT2D eigenvalue weighted by Gasteiger charge is -2.27. The fraction of sp³-hybridized carbons (Fsp3) is 0.273. The lowest BCUT2D eigenvalue weighted by molar-refractivity contribution is 0.236. The Labute approximate surface area is 72.7 Å². The molecule has 0 aromatic carbocycles. The molecule has 0 aliphatic heterocycles. The fourth-order valence-electron chi connectivity index (χ4n) is 1.75. The number of rotatable bonds is 1. The summed E-state index contributed by atoms with van der Waals surface area (Å²) in [5.74, 6) is 1.03. The highest BCUT2D eigenvalue weighted by Crippen LogP contribution is 2.43. The molecule has 1 unspecified atom stereocenters. The first-order chi connectivity index (χ1) is 5.77. The molecule has 2 rings (SSSR count). The molecule has 62 valence electrons. The Morgan fingerprint density at radius 2 is 2.08 bits per heavy atom. The minimum absolute atomic E-state index is 0.0104. The first-order valence-corrected chi connectivity index (χ1v) is 4.10. The van der Waals surface area contributed by atoms with Crippen molar-refractivity contribution in [1.29, 1.82) is 0 Å². The molecule has 0 N–H and O–H groups in total. The maximum absolute atomic E-state index is 5.31. The molecule has 1 heteroatoms. The van der Waals surface area contributed by atoms with Gasteiger partial charge in [-0.05, 0) is 18.6 Å². The van der Waals surface area contributed by atoms with Crippen LogP contribution in [0.2, 0.25) is 0 Å². The maximum atomic E-state index is 5.31. The van der Waals surface area contributed by atoms with Gasteiger partial charge in [-0.1, -0.05) is 30.4 Å². The summed E-state index contributed by atoms with van der Waals surface area (Å²) in [6.45, 7) is 2.17. The summed E-state index contributed by atoms with van der Waals surface area (Å²) >= 11 is 0. The van der Waals surface area contributed by atoms with E-state index in [-0.39, 0.29) is 5.41 Å². The first kappa shape index (κ1) is 7.41. The van der Waals surface area contributed by atoms with Gasteiger partial charge in [0.05, 0.1) is 12.5 Å². The van der Waals surface area contributed by atoms with E-state index < -0.39 is 0 Å². The van der Waals surface area contributed by atoms with Crippen LogP contribution in [0, 0.1) is 5.41 Å². The topological polar surface area (TPSA) is 9.23 Å². The number of fused-ring (bicyclic) bond motifs is 1. The molecule has 1 atom stereocenters. The third-order valence-electron chi connectivity index (χ3n) is 2.56. The van der Waals surface area contributed by atoms with Gasteiger partial charge in [0.2, 0.25) is 0 Å². The lowest BCUT2D eigenvalue weighted by atomic mass is 9.80. The van der Waals surface area contributed by atoms with Crippen LogP contribution in [0.1, 0.15) is 6.92 Å². The molecule has 0 radical (unpaired) electrons. The molecule has 0 bridgehead atoms. The SMILES string of the molecule is COC1=CC=C2C=CC=CC21C. The maximum Gasteiger partial charge on any atom is 0.110 e. The summed E-state index contributed by atoms with van der Waals surface area (Å²) in [6.07, 6.45) is 12.6. The summed E-state index contributed by atoms with van der Waals surface area (Å²) < 4.78 is 5.31. The lowest BCUT2D eigenvalue weighted by Crippen LogP contribution is -2.18. The molecular weight excluding hydrogens is 148 g/mol. The standard InChI is InChI=1S/C11H12O/c1-11-8-4-3-5-9(11)6-7-10(11)12-2/h3-8H,1-2H3. The second kappa shape index (κ2) is 2.37. The zero-order valence-corrected chi connectivity index (χ0v) is 7.37. The largest absolute Gasteiger partial charge is 0.500 e. The van der Waals surface area contributed by atoms with E-state index in [1.54, 1.807) is 7.11 Å². The molecular formula is C11H12O. The average Bonchev–Trinajstić information content (AvgIpc) is 2.41. The monoisotopic (exact) mass is 160 g/mol. The Morgan fingerprint density at radius 3 is 2.83 bits per heavy atom. The molecule has 0 fully saturated rings. The van der Waals surface area contributed by atoms with Gasteiger partial charge in [0.15, 0.2) is 0 Å². The Bertz CT molecular complexity index is 318. The Kier molecular flexibility index (Phi) is 1.47. The van der Waals surface area contributed by atoms with Gasteiger partial charge < -0.3 is 4.74 Å². The Hall–Kier alpha value is -1.24. The molecule has 12 heavy (non-hydrogen) atoms. The summed E-state index contributed by atoms with van der Waals surface area (Å²) in [6, 6.07) is 0. The molecule has 2 aliphatic carbocycles. The van der Waals surface area contributed by atoms with Gasteiger partial charge >= 0.3 is 0 Å². The van der Waals surface area contributed by atoms with Gasteiger partial charge in [-0.15, -0.1) is 0 Å². The first-order valence-electron chi connectivity index (χ1n) is 4.10. The van der Waals surface area contributed by atoms with E-state index in [2.05, 4.69) is 37.3 Å². The molecule has 0 saturated carbocycles. The van der Waals surface area contributed by atoms with Crippen LogP contribution in [0.4, 0.5) is 0 Å². The smallest absolute Gasteiger partial charge is 0.110 e. The van der Waals surface area contributed by atoms with E-state index in [1.165, 1.54) is 5.57 Å². The molecule has 0 amide bonds. The quantitative estimate of drug-likeness (QED) is 0.573. The second-order valence-electron chi connectivity index (χ2n) is 3.28. The number of ether oxygens (including phenoxy) is 1. The van der Waals surface area contributed by atoms with Crippen LogP contribution in [0.15, 0.2) is 47.8 Å². The molecule has 2 aliphatic rings. The summed E-state index contributed by atoms with van der Waals surface area (Å²) in [5, 5.41) is 0. The van der Waals surface area contributed by atoms with Crippen LogP contribution in [0.5, 0.6) is 0 Å². The van der Waals surface area contributed by atoms with Crippen molar-refractivity contribution in [3.05, 3.63) is 47.8 Å². The normalized spacial score (nSPS) is 31.2. The van der Waals surface area contributed by atoms with Gasteiger partial charge in [0.25, 0.3) is 0 Å². The zero-order chi connectivity index (χ0) is 8.60. The molecule has 0 saturated heterocycles. The predicted octanol–water partition coefficient (Wildman–Crippen LogP) is 2.59. The average molecular weight is 160 g/mol. The van der Waals surface area contributed by atoms with Gasteiger partial charge in [0.1, 0.15) is 5.76 Å². The zero-order valence-electron chi connectivity index (χ0n) is 7.37. The predicted molar refractivity (Wildman–Crippen MR) is 49.6 cm³/mol. The molecule has 1 nitrogen and oxygen atoms in total. The van der Waals surface area contributed by atoms with Crippen LogP contribution in [0.25, 0.3) is 0 Å². The van der Waals surface area contributed by atoms with Crippen molar-refractivity contribution in [2.45, 2.75) is 6.92 Å². The highest BCUT2D eigenvalue weighted by molar-refractivity contribution is 5.50. The molecule has 0 aromatic heterocycles. The third kappa shape index (κ3) is 0.795. The van der Waals surface area contributed by atoms with E-state index >= 15 is 0 Å². The van der Waals surface area contributed by atoms with Crippen molar-refractivity contribution in [3.63, 3.8) is 0 Å². The van der Waals surface area contributed by atoms with Crippen LogP contribution < -0.4 is 0 Å². The minimum Gasteiger partial charge on any atom is -0.500 e. The Balaban J connectivity index is 2.43. The minimum atomic E-state index is -0.0104. The number of hydrogen-bond acceptors (Lipinski definition) is 1. The van der Waals surface area contributed by atoms with Crippen LogP contribution in [-0.4, -0.2) is 7.11 Å². The second-order valence-corrected chi connectivity index (χ2v) is 3.28. The van der Waals surface area contributed by atoms with Crippen molar-refractivity contribution in [1.82, 2.24) is 0 Å². The third-order valence-corrected chi connectivity index (χ3v) is 2.56. The van der Waals surface area contributed by atoms with E-state index in [1.807, 2.05) is 6.08 Å². The van der Waals surface area contributed by atoms with Gasteiger partial charge in [0, 0.05) is 0 Å². The van der Waals surface area contributed by atoms with Crippen LogP contribution >= 0.6 is 0 Å². The summed E-state index contributed by atoms with van der Waals surface area (Å²) in [7, 11) is 1.72. The van der Waals surface area contributed by atoms with Gasteiger partial charge in [-0.25, -0.2) is 0 Å². The fourth-order valence-corrected chi connectivity index (χ4v) is 1.75. The molecule has 0 heterocycles. The van der Waals surface area contributed by atoms with E-state index in [0.29, 0.717) is 0 Å². The molecule has 0 spiro atoms. The highest BCUT2D eigenvalue weighted by atomic mass is 16.5. The van der Waals surface area contributed by atoms with E-state index in [4.69, 9.17) is 4.74 Å².